The summed E-state index contributed by atoms with van der Waals surface area (Å²) in [4.78, 5) is 40.5. The van der Waals surface area contributed by atoms with E-state index in [1.807, 2.05) is 0 Å². The van der Waals surface area contributed by atoms with E-state index >= 15 is 0 Å². The smallest absolute Gasteiger partial charge is 0.303 e. The molecular weight excluding hydrogens is 356 g/mol. The topological polar surface area (TPSA) is 149 Å². The molecule has 0 fully saturated rings. The lowest BCUT2D eigenvalue weighted by Gasteiger charge is -1.99. The lowest BCUT2D eigenvalue weighted by Crippen LogP contribution is -1.95. The van der Waals surface area contributed by atoms with Crippen LogP contribution in [-0.2, 0) is 19.2 Å². The van der Waals surface area contributed by atoms with Gasteiger partial charge in [-0.1, -0.05) is 44.9 Å². The predicted octanol–water partition coefficient (Wildman–Crippen LogP) is 4.16. The van der Waals surface area contributed by atoms with E-state index < -0.39 is 23.9 Å². The molecule has 8 heteroatoms. The van der Waals surface area contributed by atoms with Crippen LogP contribution in [0.2, 0.25) is 0 Å². The fourth-order valence-corrected chi connectivity index (χ4v) is 2.34. The average molecular weight is 390 g/mol. The number of hydrogen-bond acceptors (Lipinski definition) is 4. The minimum atomic E-state index is -0.784. The van der Waals surface area contributed by atoms with Gasteiger partial charge >= 0.3 is 23.9 Å². The number of rotatable bonds is 17. The van der Waals surface area contributed by atoms with E-state index in [2.05, 4.69) is 0 Å². The molecule has 0 aliphatic heterocycles. The zero-order chi connectivity index (χ0) is 20.9. The molecule has 4 N–H and O–H groups in total. The monoisotopic (exact) mass is 390 g/mol. The highest BCUT2D eigenvalue weighted by atomic mass is 16.4. The zero-order valence-electron chi connectivity index (χ0n) is 16.0. The fourth-order valence-electron chi connectivity index (χ4n) is 2.34. The number of carboxylic acids is 4. The lowest BCUT2D eigenvalue weighted by atomic mass is 10.1. The van der Waals surface area contributed by atoms with Crippen LogP contribution in [-0.4, -0.2) is 44.3 Å². The Balaban J connectivity index is 0. The van der Waals surface area contributed by atoms with Crippen LogP contribution in [0.25, 0.3) is 0 Å². The van der Waals surface area contributed by atoms with Gasteiger partial charge in [0.15, 0.2) is 0 Å². The van der Waals surface area contributed by atoms with Gasteiger partial charge in [0, 0.05) is 25.7 Å². The molecule has 8 nitrogen and oxygen atoms in total. The summed E-state index contributed by atoms with van der Waals surface area (Å²) < 4.78 is 0. The quantitative estimate of drug-likeness (QED) is 0.270. The molecule has 158 valence electrons. The summed E-state index contributed by atoms with van der Waals surface area (Å²) in [5, 5.41) is 33.3. The first-order chi connectivity index (χ1) is 12.8. The third-order valence-electron chi connectivity index (χ3n) is 3.81. The van der Waals surface area contributed by atoms with Crippen LogP contribution >= 0.6 is 0 Å². The van der Waals surface area contributed by atoms with Crippen molar-refractivity contribution in [3.63, 3.8) is 0 Å². The number of unbranched alkanes of at least 4 members (excludes halogenated alkanes) is 9. The Kier molecular flexibility index (Phi) is 20.3. The van der Waals surface area contributed by atoms with Gasteiger partial charge in [-0.2, -0.15) is 0 Å². The van der Waals surface area contributed by atoms with Crippen LogP contribution in [0.1, 0.15) is 96.3 Å². The first-order valence-corrected chi connectivity index (χ1v) is 9.63. The normalized spacial score (nSPS) is 9.93. The second-order valence-electron chi connectivity index (χ2n) is 6.46. The van der Waals surface area contributed by atoms with Gasteiger partial charge in [0.25, 0.3) is 0 Å². The molecule has 0 bridgehead atoms. The van der Waals surface area contributed by atoms with E-state index in [1.54, 1.807) is 0 Å². The van der Waals surface area contributed by atoms with Gasteiger partial charge in [-0.3, -0.25) is 19.2 Å². The standard InChI is InChI=1S/C11H20O4.C8H14O4/c12-10(13)8-6-4-2-1-3-5-7-9-11(14)15;9-7(10)5-3-1-2-4-6-8(11)12/h1-9H2,(H,12,13)(H,14,15);1-6H2,(H,9,10)(H,11,12). The lowest BCUT2D eigenvalue weighted by molar-refractivity contribution is -0.138. The summed E-state index contributed by atoms with van der Waals surface area (Å²) in [7, 11) is 0. The Bertz CT molecular complexity index is 382. The molecular formula is C19H34O8. The number of aliphatic carboxylic acids is 4. The fraction of sp³-hybridized carbons (Fsp3) is 0.789. The minimum absolute atomic E-state index is 0.188. The van der Waals surface area contributed by atoms with Crippen molar-refractivity contribution in [2.75, 3.05) is 0 Å². The van der Waals surface area contributed by atoms with Crippen molar-refractivity contribution in [2.45, 2.75) is 96.3 Å². The van der Waals surface area contributed by atoms with Crippen LogP contribution in [0.15, 0.2) is 0 Å². The summed E-state index contributed by atoms with van der Waals surface area (Å²) in [5.41, 5.74) is 0. The molecule has 27 heavy (non-hydrogen) atoms. The van der Waals surface area contributed by atoms with Gasteiger partial charge in [0.2, 0.25) is 0 Å². The Morgan fingerprint density at radius 3 is 0.630 bits per heavy atom. The zero-order valence-corrected chi connectivity index (χ0v) is 16.0. The Morgan fingerprint density at radius 1 is 0.333 bits per heavy atom. The maximum atomic E-state index is 10.2. The van der Waals surface area contributed by atoms with Gasteiger partial charge in [0.05, 0.1) is 0 Å². The van der Waals surface area contributed by atoms with Crippen molar-refractivity contribution in [3.8, 4) is 0 Å². The van der Waals surface area contributed by atoms with Gasteiger partial charge in [-0.05, 0) is 25.7 Å². The average Bonchev–Trinajstić information content (AvgIpc) is 2.56. The van der Waals surface area contributed by atoms with E-state index in [-0.39, 0.29) is 25.7 Å². The predicted molar refractivity (Wildman–Crippen MR) is 99.8 cm³/mol. The molecule has 0 saturated heterocycles. The molecule has 0 amide bonds. The molecule has 0 aromatic carbocycles. The Morgan fingerprint density at radius 2 is 0.481 bits per heavy atom. The molecule has 0 aromatic rings. The van der Waals surface area contributed by atoms with Gasteiger partial charge in [-0.25, -0.2) is 0 Å². The highest BCUT2D eigenvalue weighted by molar-refractivity contribution is 5.67. The van der Waals surface area contributed by atoms with Crippen LogP contribution in [0.4, 0.5) is 0 Å². The second kappa shape index (κ2) is 20.2. The third kappa shape index (κ3) is 32.1. The van der Waals surface area contributed by atoms with E-state index in [4.69, 9.17) is 20.4 Å². The van der Waals surface area contributed by atoms with Crippen LogP contribution in [0.5, 0.6) is 0 Å². The summed E-state index contributed by atoms with van der Waals surface area (Å²) in [6, 6.07) is 0. The molecule has 0 heterocycles. The van der Waals surface area contributed by atoms with E-state index in [1.165, 1.54) is 0 Å². The van der Waals surface area contributed by atoms with Gasteiger partial charge < -0.3 is 20.4 Å². The van der Waals surface area contributed by atoms with Crippen molar-refractivity contribution >= 4 is 23.9 Å². The third-order valence-corrected chi connectivity index (χ3v) is 3.81. The second-order valence-corrected chi connectivity index (χ2v) is 6.46. The number of carboxylic acid groups (broad SMARTS) is 4. The molecule has 0 unspecified atom stereocenters. The van der Waals surface area contributed by atoms with Crippen molar-refractivity contribution in [3.05, 3.63) is 0 Å². The van der Waals surface area contributed by atoms with Gasteiger partial charge in [0.1, 0.15) is 0 Å². The maximum Gasteiger partial charge on any atom is 0.303 e. The summed E-state index contributed by atoms with van der Waals surface area (Å²) in [6.07, 6.45) is 10.4. The summed E-state index contributed by atoms with van der Waals surface area (Å²) >= 11 is 0. The van der Waals surface area contributed by atoms with Crippen LogP contribution in [0.3, 0.4) is 0 Å². The molecule has 0 rings (SSSR count). The first kappa shape index (κ1) is 27.1. The van der Waals surface area contributed by atoms with Crippen LogP contribution < -0.4 is 0 Å². The SMILES string of the molecule is O=C(O)CCCCCCC(=O)O.O=C(O)CCCCCCCCCC(=O)O. The molecule has 0 aliphatic carbocycles. The van der Waals surface area contributed by atoms with Gasteiger partial charge in [-0.15, -0.1) is 0 Å². The van der Waals surface area contributed by atoms with E-state index in [0.29, 0.717) is 12.8 Å². The largest absolute Gasteiger partial charge is 0.481 e. The number of hydrogen-bond donors (Lipinski definition) is 4. The molecule has 0 spiro atoms. The van der Waals surface area contributed by atoms with Crippen LogP contribution in [0, 0.1) is 0 Å². The molecule has 0 atom stereocenters. The summed E-state index contributed by atoms with van der Waals surface area (Å²) in [5.74, 6) is -3.02. The highest BCUT2D eigenvalue weighted by Gasteiger charge is 1.99. The highest BCUT2D eigenvalue weighted by Crippen LogP contribution is 2.09. The van der Waals surface area contributed by atoms with E-state index in [0.717, 1.165) is 57.8 Å². The van der Waals surface area contributed by atoms with Crippen molar-refractivity contribution in [1.29, 1.82) is 0 Å². The Labute approximate surface area is 160 Å². The maximum absolute atomic E-state index is 10.2. The number of carbonyl (C=O) groups is 4. The summed E-state index contributed by atoms with van der Waals surface area (Å²) in [6.45, 7) is 0. The molecule has 0 saturated carbocycles. The molecule has 0 aliphatic rings. The van der Waals surface area contributed by atoms with Crippen molar-refractivity contribution < 1.29 is 39.6 Å². The molecule has 0 aromatic heterocycles. The van der Waals surface area contributed by atoms with Crippen molar-refractivity contribution in [1.82, 2.24) is 0 Å². The first-order valence-electron chi connectivity index (χ1n) is 9.63. The van der Waals surface area contributed by atoms with E-state index in [9.17, 15) is 19.2 Å². The minimum Gasteiger partial charge on any atom is -0.481 e. The van der Waals surface area contributed by atoms with Crippen molar-refractivity contribution in [2.24, 2.45) is 0 Å². The molecule has 0 radical (unpaired) electrons. The Hall–Kier alpha value is -2.12.